The van der Waals surface area contributed by atoms with Crippen LogP contribution in [0, 0.1) is 25.1 Å². The minimum Gasteiger partial charge on any atom is -0.391 e. The number of piperidine rings is 1. The summed E-state index contributed by atoms with van der Waals surface area (Å²) in [5.41, 5.74) is 2.25. The predicted molar refractivity (Wildman–Crippen MR) is 118 cm³/mol. The summed E-state index contributed by atoms with van der Waals surface area (Å²) in [5, 5.41) is 6.04. The van der Waals surface area contributed by atoms with Crippen molar-refractivity contribution in [3.8, 4) is 0 Å². The third-order valence-electron chi connectivity index (χ3n) is 7.47. The molecule has 2 aliphatic rings. The lowest BCUT2D eigenvalue weighted by Gasteiger charge is -2.39. The van der Waals surface area contributed by atoms with E-state index in [1.54, 1.807) is 19.9 Å². The van der Waals surface area contributed by atoms with Gasteiger partial charge in [-0.05, 0) is 67.7 Å². The van der Waals surface area contributed by atoms with E-state index in [4.69, 9.17) is 4.42 Å². The Balaban J connectivity index is 1.62. The maximum absolute atomic E-state index is 14.8. The van der Waals surface area contributed by atoms with Crippen LogP contribution < -0.4 is 10.5 Å². The molecule has 1 aromatic carbocycles. The second-order valence-electron chi connectivity index (χ2n) is 9.35. The third kappa shape index (κ3) is 4.40. The standard InChI is InChI=1S/C22H31FN4O4S/c1-14-6-7-17(23)18(15(14)2)16(3)19(20-24-25-21(28)31-20)26-32(29,30)27-12-10-22(11-13-27)8-4-5-9-22/h6-7,16,19,26H,4-5,8-13H2,1-3H3,(H,25,28)/t16-,19+/m1/s1. The van der Waals surface area contributed by atoms with Gasteiger partial charge in [0, 0.05) is 19.0 Å². The first-order valence-corrected chi connectivity index (χ1v) is 12.6. The van der Waals surface area contributed by atoms with E-state index in [0.717, 1.165) is 36.8 Å². The molecule has 2 fully saturated rings. The van der Waals surface area contributed by atoms with Gasteiger partial charge in [0.05, 0.1) is 0 Å². The lowest BCUT2D eigenvalue weighted by Crippen LogP contribution is -2.48. The van der Waals surface area contributed by atoms with Crippen LogP contribution in [0.15, 0.2) is 21.3 Å². The lowest BCUT2D eigenvalue weighted by atomic mass is 9.78. The number of halogens is 1. The topological polar surface area (TPSA) is 108 Å². The molecule has 2 aromatic rings. The maximum atomic E-state index is 14.8. The highest BCUT2D eigenvalue weighted by Gasteiger charge is 2.41. The van der Waals surface area contributed by atoms with Gasteiger partial charge >= 0.3 is 5.76 Å². The summed E-state index contributed by atoms with van der Waals surface area (Å²) in [6, 6.07) is 2.00. The molecule has 0 unspecified atom stereocenters. The molecule has 4 rings (SSSR count). The van der Waals surface area contributed by atoms with Crippen LogP contribution in [-0.2, 0) is 10.2 Å². The van der Waals surface area contributed by atoms with Crippen LogP contribution in [0.25, 0.3) is 0 Å². The van der Waals surface area contributed by atoms with E-state index >= 15 is 0 Å². The Morgan fingerprint density at radius 1 is 1.19 bits per heavy atom. The number of hydrogen-bond acceptors (Lipinski definition) is 5. The van der Waals surface area contributed by atoms with Crippen LogP contribution in [0.4, 0.5) is 4.39 Å². The van der Waals surface area contributed by atoms with E-state index in [2.05, 4.69) is 14.9 Å². The molecule has 8 nitrogen and oxygen atoms in total. The van der Waals surface area contributed by atoms with E-state index in [9.17, 15) is 17.6 Å². The van der Waals surface area contributed by atoms with E-state index in [1.807, 2.05) is 6.92 Å². The van der Waals surface area contributed by atoms with Crippen molar-refractivity contribution < 1.29 is 17.2 Å². The van der Waals surface area contributed by atoms with Gasteiger partial charge in [-0.15, -0.1) is 5.10 Å². The van der Waals surface area contributed by atoms with Crippen molar-refractivity contribution in [3.63, 3.8) is 0 Å². The predicted octanol–water partition coefficient (Wildman–Crippen LogP) is 3.45. The fourth-order valence-corrected chi connectivity index (χ4v) is 6.77. The van der Waals surface area contributed by atoms with Crippen molar-refractivity contribution in [1.29, 1.82) is 0 Å². The van der Waals surface area contributed by atoms with Gasteiger partial charge in [0.2, 0.25) is 5.89 Å². The van der Waals surface area contributed by atoms with Gasteiger partial charge in [0.15, 0.2) is 0 Å². The van der Waals surface area contributed by atoms with Crippen LogP contribution >= 0.6 is 0 Å². The van der Waals surface area contributed by atoms with Crippen LogP contribution in [-0.4, -0.2) is 36.0 Å². The quantitative estimate of drug-likeness (QED) is 0.678. The van der Waals surface area contributed by atoms with Crippen molar-refractivity contribution in [2.24, 2.45) is 5.41 Å². The van der Waals surface area contributed by atoms with E-state index in [1.165, 1.54) is 23.2 Å². The second kappa shape index (κ2) is 8.72. The minimum absolute atomic E-state index is 0.115. The fraction of sp³-hybridized carbons (Fsp3) is 0.636. The molecule has 1 spiro atoms. The molecule has 1 saturated carbocycles. The van der Waals surface area contributed by atoms with Gasteiger partial charge in [0.25, 0.3) is 10.2 Å². The second-order valence-corrected chi connectivity index (χ2v) is 11.1. The zero-order valence-electron chi connectivity index (χ0n) is 18.8. The van der Waals surface area contributed by atoms with Crippen molar-refractivity contribution in [3.05, 3.63) is 51.1 Å². The maximum Gasteiger partial charge on any atom is 0.434 e. The molecule has 1 aliphatic heterocycles. The van der Waals surface area contributed by atoms with Crippen molar-refractivity contribution in [2.45, 2.75) is 71.3 Å². The average Bonchev–Trinajstić information content (AvgIpc) is 3.39. The Bertz CT molecular complexity index is 1130. The Hall–Kier alpha value is -2.04. The largest absolute Gasteiger partial charge is 0.434 e. The average molecular weight is 467 g/mol. The molecule has 0 amide bonds. The highest BCUT2D eigenvalue weighted by molar-refractivity contribution is 7.87. The molecule has 176 valence electrons. The highest BCUT2D eigenvalue weighted by atomic mass is 32.2. The van der Waals surface area contributed by atoms with Crippen LogP contribution in [0.5, 0.6) is 0 Å². The molecule has 1 saturated heterocycles. The van der Waals surface area contributed by atoms with Crippen molar-refractivity contribution >= 4 is 10.2 Å². The number of aromatic amines is 1. The Morgan fingerprint density at radius 2 is 1.84 bits per heavy atom. The molecule has 10 heteroatoms. The Morgan fingerprint density at radius 3 is 2.44 bits per heavy atom. The van der Waals surface area contributed by atoms with Crippen LogP contribution in [0.3, 0.4) is 0 Å². The lowest BCUT2D eigenvalue weighted by molar-refractivity contribution is 0.158. The number of benzene rings is 1. The summed E-state index contributed by atoms with van der Waals surface area (Å²) in [7, 11) is -3.91. The zero-order chi connectivity index (χ0) is 23.1. The molecular formula is C22H31FN4O4S. The molecule has 2 atom stereocenters. The molecule has 2 heterocycles. The molecular weight excluding hydrogens is 435 g/mol. The number of aromatic nitrogens is 2. The van der Waals surface area contributed by atoms with E-state index in [0.29, 0.717) is 18.7 Å². The molecule has 32 heavy (non-hydrogen) atoms. The van der Waals surface area contributed by atoms with E-state index in [-0.39, 0.29) is 11.3 Å². The van der Waals surface area contributed by atoms with Gasteiger partial charge in [-0.1, -0.05) is 25.8 Å². The molecule has 1 aliphatic carbocycles. The molecule has 0 bridgehead atoms. The summed E-state index contributed by atoms with van der Waals surface area (Å²) in [6.07, 6.45) is 6.44. The Labute approximate surface area is 187 Å². The smallest absolute Gasteiger partial charge is 0.391 e. The van der Waals surface area contributed by atoms with Gasteiger partial charge in [-0.25, -0.2) is 14.3 Å². The number of nitrogens with one attached hydrogen (secondary N) is 2. The molecule has 1 aromatic heterocycles. The normalized spacial score (nSPS) is 21.1. The summed E-state index contributed by atoms with van der Waals surface area (Å²) in [4.78, 5) is 11.6. The number of rotatable bonds is 6. The van der Waals surface area contributed by atoms with E-state index < -0.39 is 33.7 Å². The number of nitrogens with zero attached hydrogens (tertiary/aromatic N) is 2. The first-order valence-electron chi connectivity index (χ1n) is 11.2. The number of hydrogen-bond donors (Lipinski definition) is 2. The Kier molecular flexibility index (Phi) is 6.30. The van der Waals surface area contributed by atoms with Gasteiger partial charge in [-0.2, -0.15) is 17.4 Å². The minimum atomic E-state index is -3.91. The SMILES string of the molecule is Cc1ccc(F)c([C@@H](C)[C@H](NS(=O)(=O)N2CCC3(CCCC3)CC2)c2n[nH]c(=O)o2)c1C. The van der Waals surface area contributed by atoms with Crippen LogP contribution in [0.2, 0.25) is 0 Å². The summed E-state index contributed by atoms with van der Waals surface area (Å²) in [6.45, 7) is 6.25. The highest BCUT2D eigenvalue weighted by Crippen LogP contribution is 2.46. The van der Waals surface area contributed by atoms with Crippen molar-refractivity contribution in [1.82, 2.24) is 19.2 Å². The summed E-state index contributed by atoms with van der Waals surface area (Å²) < 4.78 is 50.7. The van der Waals surface area contributed by atoms with Gasteiger partial charge < -0.3 is 4.42 Å². The fourth-order valence-electron chi connectivity index (χ4n) is 5.33. The molecule has 0 radical (unpaired) electrons. The zero-order valence-corrected chi connectivity index (χ0v) is 19.6. The van der Waals surface area contributed by atoms with Crippen LogP contribution in [0.1, 0.15) is 80.0 Å². The van der Waals surface area contributed by atoms with Gasteiger partial charge in [0.1, 0.15) is 11.9 Å². The van der Waals surface area contributed by atoms with Gasteiger partial charge in [-0.3, -0.25) is 0 Å². The monoisotopic (exact) mass is 466 g/mol. The first kappa shape index (κ1) is 23.1. The number of aryl methyl sites for hydroxylation is 1. The third-order valence-corrected chi connectivity index (χ3v) is 9.07. The summed E-state index contributed by atoms with van der Waals surface area (Å²) >= 11 is 0. The first-order chi connectivity index (χ1) is 15.1. The van der Waals surface area contributed by atoms with Crippen molar-refractivity contribution in [2.75, 3.05) is 13.1 Å². The number of H-pyrrole nitrogens is 1. The molecule has 2 N–H and O–H groups in total. The summed E-state index contributed by atoms with van der Waals surface area (Å²) in [5.74, 6) is -2.01.